The molecule has 1 aliphatic heterocycles. The van der Waals surface area contributed by atoms with E-state index in [0.29, 0.717) is 12.3 Å². The molecule has 2 nitrogen and oxygen atoms in total. The number of pyridine rings is 1. The molecule has 2 heterocycles. The standard InChI is InChI=1S/C19H22F2N2/c20-18-4-1-5-19(21)17(18)7-6-15-3-2-12-23(13-15)14-16-8-10-22-11-9-16/h1,4-5,8-11,15H,2-3,6-7,12-14H2. The number of rotatable bonds is 5. The molecule has 1 aromatic heterocycles. The van der Waals surface area contributed by atoms with E-state index in [1.54, 1.807) is 0 Å². The number of benzene rings is 1. The van der Waals surface area contributed by atoms with Gasteiger partial charge in [-0.2, -0.15) is 0 Å². The Labute approximate surface area is 136 Å². The van der Waals surface area contributed by atoms with Crippen LogP contribution in [-0.2, 0) is 13.0 Å². The van der Waals surface area contributed by atoms with Crippen LogP contribution in [0.3, 0.4) is 0 Å². The minimum absolute atomic E-state index is 0.235. The third kappa shape index (κ3) is 4.35. The van der Waals surface area contributed by atoms with E-state index in [9.17, 15) is 8.78 Å². The first-order valence-corrected chi connectivity index (χ1v) is 8.26. The zero-order chi connectivity index (χ0) is 16.1. The monoisotopic (exact) mass is 316 g/mol. The zero-order valence-corrected chi connectivity index (χ0v) is 13.2. The van der Waals surface area contributed by atoms with Gasteiger partial charge in [-0.1, -0.05) is 6.07 Å². The second-order valence-electron chi connectivity index (χ2n) is 6.34. The normalized spacial score (nSPS) is 19.0. The number of nitrogens with zero attached hydrogens (tertiary/aromatic N) is 2. The van der Waals surface area contributed by atoms with Crippen molar-refractivity contribution in [1.29, 1.82) is 0 Å². The highest BCUT2D eigenvalue weighted by molar-refractivity contribution is 5.19. The van der Waals surface area contributed by atoms with E-state index in [1.807, 2.05) is 24.5 Å². The molecule has 1 atom stereocenters. The van der Waals surface area contributed by atoms with Crippen molar-refractivity contribution in [2.45, 2.75) is 32.2 Å². The molecule has 0 radical (unpaired) electrons. The highest BCUT2D eigenvalue weighted by Crippen LogP contribution is 2.24. The summed E-state index contributed by atoms with van der Waals surface area (Å²) in [5, 5.41) is 0. The van der Waals surface area contributed by atoms with E-state index in [0.717, 1.165) is 38.9 Å². The summed E-state index contributed by atoms with van der Waals surface area (Å²) < 4.78 is 27.4. The highest BCUT2D eigenvalue weighted by atomic mass is 19.1. The summed E-state index contributed by atoms with van der Waals surface area (Å²) in [6.07, 6.45) is 7.24. The molecule has 0 saturated carbocycles. The Morgan fingerprint density at radius 2 is 1.83 bits per heavy atom. The Kier molecular flexibility index (Phi) is 5.34. The molecule has 23 heavy (non-hydrogen) atoms. The lowest BCUT2D eigenvalue weighted by Gasteiger charge is -2.32. The van der Waals surface area contributed by atoms with Crippen LogP contribution in [0.5, 0.6) is 0 Å². The number of hydrogen-bond donors (Lipinski definition) is 0. The first kappa shape index (κ1) is 16.1. The number of piperidine rings is 1. The maximum Gasteiger partial charge on any atom is 0.129 e. The van der Waals surface area contributed by atoms with Crippen molar-refractivity contribution < 1.29 is 8.78 Å². The predicted octanol–water partition coefficient (Wildman–Crippen LogP) is 4.20. The smallest absolute Gasteiger partial charge is 0.129 e. The summed E-state index contributed by atoms with van der Waals surface area (Å²) in [5.74, 6) is -0.339. The Balaban J connectivity index is 1.55. The van der Waals surface area contributed by atoms with Crippen molar-refractivity contribution in [3.05, 3.63) is 65.5 Å². The van der Waals surface area contributed by atoms with Gasteiger partial charge in [0.1, 0.15) is 11.6 Å². The summed E-state index contributed by atoms with van der Waals surface area (Å²) >= 11 is 0. The van der Waals surface area contributed by atoms with E-state index in [-0.39, 0.29) is 5.56 Å². The van der Waals surface area contributed by atoms with Gasteiger partial charge in [0.05, 0.1) is 0 Å². The van der Waals surface area contributed by atoms with Crippen LogP contribution in [0.15, 0.2) is 42.7 Å². The minimum atomic E-state index is -0.422. The molecule has 122 valence electrons. The fourth-order valence-corrected chi connectivity index (χ4v) is 3.40. The van der Waals surface area contributed by atoms with Crippen molar-refractivity contribution in [2.24, 2.45) is 5.92 Å². The van der Waals surface area contributed by atoms with Crippen LogP contribution < -0.4 is 0 Å². The average molecular weight is 316 g/mol. The van der Waals surface area contributed by atoms with Crippen molar-refractivity contribution in [1.82, 2.24) is 9.88 Å². The quantitative estimate of drug-likeness (QED) is 0.821. The Bertz CT molecular complexity index is 610. The molecule has 0 aliphatic carbocycles. The number of aromatic nitrogens is 1. The topological polar surface area (TPSA) is 16.1 Å². The molecule has 2 aromatic rings. The van der Waals surface area contributed by atoms with Gasteiger partial charge >= 0.3 is 0 Å². The lowest BCUT2D eigenvalue weighted by molar-refractivity contribution is 0.161. The molecule has 1 saturated heterocycles. The van der Waals surface area contributed by atoms with Gasteiger partial charge in [0.25, 0.3) is 0 Å². The molecule has 0 N–H and O–H groups in total. The first-order valence-electron chi connectivity index (χ1n) is 8.26. The van der Waals surface area contributed by atoms with Crippen molar-refractivity contribution in [3.63, 3.8) is 0 Å². The molecular weight excluding hydrogens is 294 g/mol. The first-order chi connectivity index (χ1) is 11.2. The zero-order valence-electron chi connectivity index (χ0n) is 13.2. The third-order valence-electron chi connectivity index (χ3n) is 4.62. The fraction of sp³-hybridized carbons (Fsp3) is 0.421. The molecule has 0 bridgehead atoms. The van der Waals surface area contributed by atoms with Crippen LogP contribution in [-0.4, -0.2) is 23.0 Å². The summed E-state index contributed by atoms with van der Waals surface area (Å²) in [6.45, 7) is 3.01. The van der Waals surface area contributed by atoms with Crippen molar-refractivity contribution >= 4 is 0 Å². The minimum Gasteiger partial charge on any atom is -0.299 e. The van der Waals surface area contributed by atoms with Crippen LogP contribution >= 0.6 is 0 Å². The van der Waals surface area contributed by atoms with Crippen LogP contribution in [0.2, 0.25) is 0 Å². The van der Waals surface area contributed by atoms with Gasteiger partial charge in [-0.05, 0) is 68.0 Å². The molecule has 1 fully saturated rings. The van der Waals surface area contributed by atoms with Gasteiger partial charge in [-0.25, -0.2) is 8.78 Å². The molecule has 1 aliphatic rings. The second-order valence-corrected chi connectivity index (χ2v) is 6.34. The van der Waals surface area contributed by atoms with E-state index in [1.165, 1.54) is 23.8 Å². The molecule has 1 aromatic carbocycles. The van der Waals surface area contributed by atoms with Crippen LogP contribution in [0, 0.1) is 17.6 Å². The lowest BCUT2D eigenvalue weighted by Crippen LogP contribution is -2.35. The van der Waals surface area contributed by atoms with E-state index >= 15 is 0 Å². The summed E-state index contributed by atoms with van der Waals surface area (Å²) in [6, 6.07) is 8.19. The SMILES string of the molecule is Fc1cccc(F)c1CCC1CCCN(Cc2ccncc2)C1. The van der Waals surface area contributed by atoms with Gasteiger partial charge in [0.15, 0.2) is 0 Å². The molecule has 3 rings (SSSR count). The fourth-order valence-electron chi connectivity index (χ4n) is 3.40. The number of likely N-dealkylation sites (tertiary alicyclic amines) is 1. The van der Waals surface area contributed by atoms with Crippen molar-refractivity contribution in [2.75, 3.05) is 13.1 Å². The molecular formula is C19H22F2N2. The molecule has 0 amide bonds. The summed E-state index contributed by atoms with van der Waals surface area (Å²) in [5.41, 5.74) is 1.50. The lowest BCUT2D eigenvalue weighted by atomic mass is 9.91. The average Bonchev–Trinajstić information content (AvgIpc) is 2.56. The Hall–Kier alpha value is -1.81. The van der Waals surface area contributed by atoms with Crippen LogP contribution in [0.25, 0.3) is 0 Å². The maximum atomic E-state index is 13.7. The maximum absolute atomic E-state index is 13.7. The van der Waals surface area contributed by atoms with E-state index in [4.69, 9.17) is 0 Å². The molecule has 4 heteroatoms. The number of halogens is 2. The Morgan fingerprint density at radius 3 is 2.57 bits per heavy atom. The summed E-state index contributed by atoms with van der Waals surface area (Å²) in [7, 11) is 0. The predicted molar refractivity (Wildman–Crippen MR) is 86.9 cm³/mol. The van der Waals surface area contributed by atoms with Crippen LogP contribution in [0.4, 0.5) is 8.78 Å². The Morgan fingerprint density at radius 1 is 1.09 bits per heavy atom. The van der Waals surface area contributed by atoms with Gasteiger partial charge in [-0.3, -0.25) is 9.88 Å². The largest absolute Gasteiger partial charge is 0.299 e. The van der Waals surface area contributed by atoms with E-state index in [2.05, 4.69) is 9.88 Å². The van der Waals surface area contributed by atoms with E-state index < -0.39 is 11.6 Å². The highest BCUT2D eigenvalue weighted by Gasteiger charge is 2.21. The van der Waals surface area contributed by atoms with Crippen molar-refractivity contribution in [3.8, 4) is 0 Å². The second kappa shape index (κ2) is 7.64. The number of hydrogen-bond acceptors (Lipinski definition) is 2. The van der Waals surface area contributed by atoms with Gasteiger partial charge < -0.3 is 0 Å². The molecule has 0 spiro atoms. The summed E-state index contributed by atoms with van der Waals surface area (Å²) in [4.78, 5) is 6.48. The molecule has 1 unspecified atom stereocenters. The third-order valence-corrected chi connectivity index (χ3v) is 4.62. The van der Waals surface area contributed by atoms with Gasteiger partial charge in [0.2, 0.25) is 0 Å². The van der Waals surface area contributed by atoms with Crippen LogP contribution in [0.1, 0.15) is 30.4 Å². The van der Waals surface area contributed by atoms with Gasteiger partial charge in [0, 0.05) is 31.0 Å². The van der Waals surface area contributed by atoms with Gasteiger partial charge in [-0.15, -0.1) is 0 Å².